The molecule has 1 N–H and O–H groups in total. The first-order valence-corrected chi connectivity index (χ1v) is 10.0. The Morgan fingerprint density at radius 2 is 1.30 bits per heavy atom. The van der Waals surface area contributed by atoms with E-state index >= 15 is 0 Å². The highest BCUT2D eigenvalue weighted by atomic mass is 16.1. The summed E-state index contributed by atoms with van der Waals surface area (Å²) in [6.07, 6.45) is 8.03. The molecule has 0 atom stereocenters. The molecule has 0 saturated carbocycles. The van der Waals surface area contributed by atoms with Gasteiger partial charge in [0.25, 0.3) is 0 Å². The molecule has 0 bridgehead atoms. The monoisotopic (exact) mass is 394 g/mol. The van der Waals surface area contributed by atoms with Crippen LogP contribution in [-0.2, 0) is 10.2 Å². The minimum absolute atomic E-state index is 0.191. The van der Waals surface area contributed by atoms with Gasteiger partial charge in [0.1, 0.15) is 5.41 Å². The summed E-state index contributed by atoms with van der Waals surface area (Å²) >= 11 is 0. The van der Waals surface area contributed by atoms with Gasteiger partial charge in [-0.25, -0.2) is 4.98 Å². The zero-order valence-electron chi connectivity index (χ0n) is 16.9. The molecule has 30 heavy (non-hydrogen) atoms. The van der Waals surface area contributed by atoms with Crippen molar-refractivity contribution in [1.29, 1.82) is 0 Å². The third-order valence-corrected chi connectivity index (χ3v) is 5.02. The van der Waals surface area contributed by atoms with Crippen LogP contribution in [-0.4, -0.2) is 15.8 Å². The Kier molecular flexibility index (Phi) is 7.51. The number of carbonyl (C=O) groups excluding carboxylic acids is 1. The van der Waals surface area contributed by atoms with Gasteiger partial charge in [-0.3, -0.25) is 4.79 Å². The molecule has 0 aliphatic rings. The predicted octanol–water partition coefficient (Wildman–Crippen LogP) is 5.97. The fourth-order valence-electron chi connectivity index (χ4n) is 3.68. The molecule has 150 valence electrons. The smallest absolute Gasteiger partial charge is 0.152 e. The van der Waals surface area contributed by atoms with Crippen LogP contribution in [0.5, 0.6) is 0 Å². The summed E-state index contributed by atoms with van der Waals surface area (Å²) in [7, 11) is 0. The fraction of sp³-hybridized carbons (Fsp3) is 0.111. The van der Waals surface area contributed by atoms with Crippen molar-refractivity contribution in [1.82, 2.24) is 9.97 Å². The summed E-state index contributed by atoms with van der Waals surface area (Å²) in [5.41, 5.74) is 2.21. The van der Waals surface area contributed by atoms with Gasteiger partial charge in [0, 0.05) is 18.8 Å². The Labute approximate surface area is 178 Å². The molecule has 1 heterocycles. The number of benzene rings is 3. The first-order valence-electron chi connectivity index (χ1n) is 10.0. The number of nitrogens with one attached hydrogen (secondary N) is 1. The number of hydrogen-bond donors (Lipinski definition) is 1. The predicted molar refractivity (Wildman–Crippen MR) is 122 cm³/mol. The molecule has 0 aliphatic carbocycles. The van der Waals surface area contributed by atoms with E-state index in [1.54, 1.807) is 18.7 Å². The largest absolute Gasteiger partial charge is 0.351 e. The number of aromatic amines is 1. The average molecular weight is 395 g/mol. The molecule has 3 aromatic carbocycles. The second kappa shape index (κ2) is 10.7. The van der Waals surface area contributed by atoms with Crippen LogP contribution in [0, 0.1) is 0 Å². The van der Waals surface area contributed by atoms with Crippen LogP contribution < -0.4 is 0 Å². The Hall–Kier alpha value is -3.72. The van der Waals surface area contributed by atoms with Crippen molar-refractivity contribution in [3.63, 3.8) is 0 Å². The number of imidazole rings is 1. The standard InChI is InChI=1S/C24H22O.C3H4N2/c1-2-3-19-23(25)24(20-13-7-4-8-14-20,21-15-9-5-10-16-21)22-17-11-6-12-18-22;1-2-5-3-4-1/h2,4-18H,1,3,19H2;1-3H,(H,4,5). The number of hydrogen-bond acceptors (Lipinski definition) is 2. The molecule has 0 radical (unpaired) electrons. The van der Waals surface area contributed by atoms with E-state index < -0.39 is 5.41 Å². The fourth-order valence-corrected chi connectivity index (χ4v) is 3.68. The lowest BCUT2D eigenvalue weighted by molar-refractivity contribution is -0.122. The van der Waals surface area contributed by atoms with Crippen molar-refractivity contribution in [3.8, 4) is 0 Å². The lowest BCUT2D eigenvalue weighted by atomic mass is 9.66. The molecule has 4 rings (SSSR count). The van der Waals surface area contributed by atoms with Crippen LogP contribution in [0.2, 0.25) is 0 Å². The maximum Gasteiger partial charge on any atom is 0.152 e. The lowest BCUT2D eigenvalue weighted by Gasteiger charge is -2.34. The lowest BCUT2D eigenvalue weighted by Crippen LogP contribution is -2.38. The van der Waals surface area contributed by atoms with E-state index in [0.717, 1.165) is 16.7 Å². The zero-order chi connectivity index (χ0) is 21.1. The Balaban J connectivity index is 0.000000448. The molecule has 0 amide bonds. The second-order valence-corrected chi connectivity index (χ2v) is 6.86. The summed E-state index contributed by atoms with van der Waals surface area (Å²) < 4.78 is 0. The molecule has 4 aromatic rings. The third kappa shape index (κ3) is 4.64. The molecule has 0 aliphatic heterocycles. The normalized spacial score (nSPS) is 10.5. The minimum atomic E-state index is -0.799. The van der Waals surface area contributed by atoms with Gasteiger partial charge >= 0.3 is 0 Å². The Morgan fingerprint density at radius 3 is 1.60 bits per heavy atom. The van der Waals surface area contributed by atoms with Crippen molar-refractivity contribution in [2.75, 3.05) is 0 Å². The maximum atomic E-state index is 13.6. The van der Waals surface area contributed by atoms with Gasteiger partial charge in [-0.15, -0.1) is 6.58 Å². The number of Topliss-reactive ketones (excluding diaryl/α,β-unsaturated/α-hetero) is 1. The molecule has 0 saturated heterocycles. The highest BCUT2D eigenvalue weighted by Gasteiger charge is 2.42. The summed E-state index contributed by atoms with van der Waals surface area (Å²) in [5, 5.41) is 0. The Morgan fingerprint density at radius 1 is 0.833 bits per heavy atom. The maximum absolute atomic E-state index is 13.6. The molecule has 3 heteroatoms. The van der Waals surface area contributed by atoms with Crippen LogP contribution in [0.3, 0.4) is 0 Å². The number of aromatic nitrogens is 2. The molecule has 0 fully saturated rings. The van der Waals surface area contributed by atoms with Crippen molar-refractivity contribution in [3.05, 3.63) is 139 Å². The SMILES string of the molecule is C=CCCC(=O)C(c1ccccc1)(c1ccccc1)c1ccccc1.c1c[nH]cn1. The van der Waals surface area contributed by atoms with Crippen LogP contribution in [0.4, 0.5) is 0 Å². The first kappa shape index (κ1) is 21.0. The number of nitrogens with zero attached hydrogens (tertiary/aromatic N) is 1. The van der Waals surface area contributed by atoms with Crippen molar-refractivity contribution >= 4 is 5.78 Å². The van der Waals surface area contributed by atoms with E-state index in [-0.39, 0.29) is 5.78 Å². The van der Waals surface area contributed by atoms with Crippen LogP contribution >= 0.6 is 0 Å². The van der Waals surface area contributed by atoms with Gasteiger partial charge in [-0.2, -0.15) is 0 Å². The Bertz CT molecular complexity index is 897. The molecular formula is C27H26N2O. The van der Waals surface area contributed by atoms with Gasteiger partial charge in [-0.1, -0.05) is 97.1 Å². The van der Waals surface area contributed by atoms with E-state index in [0.29, 0.717) is 12.8 Å². The topological polar surface area (TPSA) is 45.8 Å². The molecule has 3 nitrogen and oxygen atoms in total. The van der Waals surface area contributed by atoms with Gasteiger partial charge in [0.15, 0.2) is 5.78 Å². The van der Waals surface area contributed by atoms with E-state index in [4.69, 9.17) is 0 Å². The zero-order valence-corrected chi connectivity index (χ0v) is 16.9. The second-order valence-electron chi connectivity index (χ2n) is 6.86. The van der Waals surface area contributed by atoms with Crippen LogP contribution in [0.25, 0.3) is 0 Å². The number of H-pyrrole nitrogens is 1. The number of ketones is 1. The summed E-state index contributed by atoms with van der Waals surface area (Å²) in [6, 6.07) is 30.2. The van der Waals surface area contributed by atoms with Crippen LogP contribution in [0.1, 0.15) is 29.5 Å². The molecular weight excluding hydrogens is 368 g/mol. The molecule has 0 unspecified atom stereocenters. The highest BCUT2D eigenvalue weighted by Crippen LogP contribution is 2.41. The van der Waals surface area contributed by atoms with Gasteiger partial charge < -0.3 is 4.98 Å². The van der Waals surface area contributed by atoms with Gasteiger partial charge in [0.05, 0.1) is 6.33 Å². The molecule has 0 spiro atoms. The third-order valence-electron chi connectivity index (χ3n) is 5.02. The minimum Gasteiger partial charge on any atom is -0.351 e. The van der Waals surface area contributed by atoms with Crippen LogP contribution in [0.15, 0.2) is 122 Å². The van der Waals surface area contributed by atoms with Gasteiger partial charge in [-0.05, 0) is 23.1 Å². The highest BCUT2D eigenvalue weighted by molar-refractivity contribution is 5.97. The van der Waals surface area contributed by atoms with Crippen molar-refractivity contribution in [2.45, 2.75) is 18.3 Å². The van der Waals surface area contributed by atoms with Crippen molar-refractivity contribution in [2.24, 2.45) is 0 Å². The quantitative estimate of drug-likeness (QED) is 0.310. The summed E-state index contributed by atoms with van der Waals surface area (Å²) in [4.78, 5) is 20.0. The molecule has 1 aromatic heterocycles. The van der Waals surface area contributed by atoms with E-state index in [2.05, 4.69) is 16.5 Å². The summed E-state index contributed by atoms with van der Waals surface area (Å²) in [5.74, 6) is 0.191. The number of rotatable bonds is 7. The van der Waals surface area contributed by atoms with E-state index in [1.807, 2.05) is 97.1 Å². The summed E-state index contributed by atoms with van der Waals surface area (Å²) in [6.45, 7) is 3.78. The van der Waals surface area contributed by atoms with E-state index in [9.17, 15) is 4.79 Å². The first-order chi connectivity index (χ1) is 14.8. The number of carbonyl (C=O) groups is 1. The van der Waals surface area contributed by atoms with Gasteiger partial charge in [0.2, 0.25) is 0 Å². The average Bonchev–Trinajstić information content (AvgIpc) is 3.41. The van der Waals surface area contributed by atoms with Crippen molar-refractivity contribution < 1.29 is 4.79 Å². The van der Waals surface area contributed by atoms with E-state index in [1.165, 1.54) is 0 Å². The number of allylic oxidation sites excluding steroid dienone is 1.